The number of halogens is 1. The van der Waals surface area contributed by atoms with Crippen molar-refractivity contribution in [2.75, 3.05) is 25.0 Å². The smallest absolute Gasteiger partial charge is 0.227 e. The Balaban J connectivity index is 0.00000341. The number of pyridine rings is 1. The van der Waals surface area contributed by atoms with Crippen LogP contribution in [0.5, 0.6) is 5.75 Å². The number of aryl methyl sites for hydroxylation is 1. The third-order valence-electron chi connectivity index (χ3n) is 4.72. The molecular weight excluding hydrogens is 505 g/mol. The third-order valence-corrected chi connectivity index (χ3v) is 4.72. The van der Waals surface area contributed by atoms with Crippen LogP contribution in [0.4, 0.5) is 5.82 Å². The van der Waals surface area contributed by atoms with Gasteiger partial charge in [0.25, 0.3) is 0 Å². The highest BCUT2D eigenvalue weighted by molar-refractivity contribution is 14.0. The molecule has 0 spiro atoms. The molecule has 1 heterocycles. The van der Waals surface area contributed by atoms with Crippen LogP contribution in [0.25, 0.3) is 0 Å². The zero-order valence-electron chi connectivity index (χ0n) is 18.2. The maximum Gasteiger partial charge on any atom is 0.227 e. The highest BCUT2D eigenvalue weighted by atomic mass is 127. The summed E-state index contributed by atoms with van der Waals surface area (Å²) < 4.78 is 5.96. The molecule has 1 aromatic carbocycles. The molecule has 2 aromatic rings. The molecule has 0 radical (unpaired) electrons. The summed E-state index contributed by atoms with van der Waals surface area (Å²) in [5.74, 6) is 2.76. The third kappa shape index (κ3) is 9.12. The summed E-state index contributed by atoms with van der Waals surface area (Å²) in [6.07, 6.45) is 4.59. The van der Waals surface area contributed by atoms with Crippen molar-refractivity contribution in [2.24, 2.45) is 10.9 Å². The normalized spacial score (nSPS) is 13.2. The number of aliphatic imine (C=N–C) groups is 1. The summed E-state index contributed by atoms with van der Waals surface area (Å²) in [6, 6.07) is 11.7. The van der Waals surface area contributed by atoms with Gasteiger partial charge in [0.1, 0.15) is 11.6 Å². The van der Waals surface area contributed by atoms with Crippen molar-refractivity contribution in [3.05, 3.63) is 53.7 Å². The fourth-order valence-corrected chi connectivity index (χ4v) is 2.81. The maximum absolute atomic E-state index is 12.1. The van der Waals surface area contributed by atoms with Gasteiger partial charge in [0.15, 0.2) is 5.96 Å². The highest BCUT2D eigenvalue weighted by Gasteiger charge is 2.22. The number of para-hydroxylation sites is 1. The van der Waals surface area contributed by atoms with Crippen LogP contribution in [0, 0.1) is 12.8 Å². The van der Waals surface area contributed by atoms with E-state index in [1.54, 1.807) is 12.3 Å². The van der Waals surface area contributed by atoms with Crippen molar-refractivity contribution in [3.63, 3.8) is 0 Å². The van der Waals surface area contributed by atoms with E-state index >= 15 is 0 Å². The van der Waals surface area contributed by atoms with E-state index in [0.29, 0.717) is 37.2 Å². The lowest BCUT2D eigenvalue weighted by Crippen LogP contribution is -2.38. The number of aromatic nitrogens is 1. The average Bonchev–Trinajstić information content (AvgIpc) is 3.57. The van der Waals surface area contributed by atoms with E-state index in [-0.39, 0.29) is 29.9 Å². The molecule has 31 heavy (non-hydrogen) atoms. The minimum Gasteiger partial charge on any atom is -0.493 e. The zero-order valence-corrected chi connectivity index (χ0v) is 20.5. The van der Waals surface area contributed by atoms with Gasteiger partial charge in [-0.25, -0.2) is 9.98 Å². The number of carbonyl (C=O) groups excluding carboxylic acids is 1. The number of hydrogen-bond donors (Lipinski definition) is 3. The topological polar surface area (TPSA) is 87.6 Å². The molecule has 3 N–H and O–H groups in total. The molecule has 0 saturated heterocycles. The highest BCUT2D eigenvalue weighted by Crippen LogP contribution is 2.30. The molecule has 1 aliphatic rings. The van der Waals surface area contributed by atoms with Crippen LogP contribution in [-0.4, -0.2) is 36.5 Å². The largest absolute Gasteiger partial charge is 0.493 e. The number of benzene rings is 1. The predicted molar refractivity (Wildman–Crippen MR) is 135 cm³/mol. The number of carbonyl (C=O) groups is 1. The number of anilines is 1. The van der Waals surface area contributed by atoms with E-state index in [9.17, 15) is 4.79 Å². The summed E-state index contributed by atoms with van der Waals surface area (Å²) in [4.78, 5) is 21.0. The van der Waals surface area contributed by atoms with Crippen LogP contribution >= 0.6 is 24.0 Å². The Morgan fingerprint density at radius 1 is 1.19 bits per heavy atom. The van der Waals surface area contributed by atoms with Gasteiger partial charge in [0, 0.05) is 31.3 Å². The van der Waals surface area contributed by atoms with Crippen molar-refractivity contribution in [3.8, 4) is 5.75 Å². The molecule has 1 saturated carbocycles. The van der Waals surface area contributed by atoms with E-state index in [1.165, 1.54) is 12.8 Å². The van der Waals surface area contributed by atoms with Gasteiger partial charge in [-0.05, 0) is 50.3 Å². The zero-order chi connectivity index (χ0) is 21.2. The first kappa shape index (κ1) is 24.9. The number of rotatable bonds is 10. The van der Waals surface area contributed by atoms with Gasteiger partial charge in [-0.3, -0.25) is 4.79 Å². The lowest BCUT2D eigenvalue weighted by Gasteiger charge is -2.13. The minimum absolute atomic E-state index is 0. The molecular formula is C23H32IN5O2. The Hall–Kier alpha value is -2.36. The molecule has 1 amide bonds. The minimum atomic E-state index is -0.0893. The summed E-state index contributed by atoms with van der Waals surface area (Å²) in [7, 11) is 0. The van der Waals surface area contributed by atoms with Gasteiger partial charge in [-0.2, -0.15) is 0 Å². The lowest BCUT2D eigenvalue weighted by atomic mass is 10.2. The second-order valence-electron chi connectivity index (χ2n) is 7.50. The van der Waals surface area contributed by atoms with Crippen LogP contribution in [-0.2, 0) is 11.3 Å². The number of guanidine groups is 1. The summed E-state index contributed by atoms with van der Waals surface area (Å²) in [6.45, 7) is 6.48. The van der Waals surface area contributed by atoms with Gasteiger partial charge >= 0.3 is 0 Å². The Morgan fingerprint density at radius 2 is 2.00 bits per heavy atom. The van der Waals surface area contributed by atoms with Crippen molar-refractivity contribution in [2.45, 2.75) is 39.7 Å². The molecule has 0 unspecified atom stereocenters. The van der Waals surface area contributed by atoms with Crippen molar-refractivity contribution in [1.82, 2.24) is 15.6 Å². The Morgan fingerprint density at radius 3 is 2.71 bits per heavy atom. The van der Waals surface area contributed by atoms with E-state index < -0.39 is 0 Å². The van der Waals surface area contributed by atoms with Gasteiger partial charge in [0.05, 0.1) is 13.2 Å². The number of nitrogens with one attached hydrogen (secondary N) is 3. The SMILES string of the molecule is CCNC(=NCc1ccccc1OCC1CC1)NCCC(=O)Nc1ccc(C)cn1.I. The molecule has 0 aliphatic heterocycles. The fraction of sp³-hybridized carbons (Fsp3) is 0.435. The molecule has 1 aromatic heterocycles. The molecule has 7 nitrogen and oxygen atoms in total. The van der Waals surface area contributed by atoms with Crippen LogP contribution in [0.15, 0.2) is 47.6 Å². The second-order valence-corrected chi connectivity index (χ2v) is 7.50. The first-order chi connectivity index (χ1) is 14.6. The maximum atomic E-state index is 12.1. The standard InChI is InChI=1S/C23H31N5O2.HI/c1-3-24-23(25-13-12-22(29)28-21-11-8-17(2)14-26-21)27-15-19-6-4-5-7-20(19)30-16-18-9-10-18;/h4-8,11,14,18H,3,9-10,12-13,15-16H2,1-2H3,(H2,24,25,27)(H,26,28,29);1H. The van der Waals surface area contributed by atoms with Gasteiger partial charge in [-0.1, -0.05) is 24.3 Å². The molecule has 8 heteroatoms. The number of amides is 1. The molecule has 1 aliphatic carbocycles. The van der Waals surface area contributed by atoms with Gasteiger partial charge in [0.2, 0.25) is 5.91 Å². The van der Waals surface area contributed by atoms with Crippen LogP contribution in [0.3, 0.4) is 0 Å². The molecule has 0 atom stereocenters. The van der Waals surface area contributed by atoms with E-state index in [2.05, 4.69) is 25.9 Å². The molecule has 1 fully saturated rings. The van der Waals surface area contributed by atoms with Crippen LogP contribution in [0.1, 0.15) is 37.3 Å². The summed E-state index contributed by atoms with van der Waals surface area (Å²) in [5.41, 5.74) is 2.11. The number of nitrogens with zero attached hydrogens (tertiary/aromatic N) is 2. The quantitative estimate of drug-likeness (QED) is 0.243. The first-order valence-corrected chi connectivity index (χ1v) is 10.6. The van der Waals surface area contributed by atoms with E-state index in [4.69, 9.17) is 4.74 Å². The number of hydrogen-bond acceptors (Lipinski definition) is 4. The lowest BCUT2D eigenvalue weighted by molar-refractivity contribution is -0.116. The first-order valence-electron chi connectivity index (χ1n) is 10.6. The van der Waals surface area contributed by atoms with Crippen molar-refractivity contribution >= 4 is 41.7 Å². The second kappa shape index (κ2) is 13.1. The van der Waals surface area contributed by atoms with Crippen molar-refractivity contribution < 1.29 is 9.53 Å². The Kier molecular flexibility index (Phi) is 10.6. The van der Waals surface area contributed by atoms with Crippen LogP contribution in [0.2, 0.25) is 0 Å². The fourth-order valence-electron chi connectivity index (χ4n) is 2.81. The van der Waals surface area contributed by atoms with Gasteiger partial charge < -0.3 is 20.7 Å². The monoisotopic (exact) mass is 537 g/mol. The average molecular weight is 537 g/mol. The number of ether oxygens (including phenoxy) is 1. The van der Waals surface area contributed by atoms with Crippen LogP contribution < -0.4 is 20.7 Å². The van der Waals surface area contributed by atoms with Crippen molar-refractivity contribution in [1.29, 1.82) is 0 Å². The molecule has 0 bridgehead atoms. The van der Waals surface area contributed by atoms with E-state index in [0.717, 1.165) is 30.0 Å². The molecule has 3 rings (SSSR count). The predicted octanol–water partition coefficient (Wildman–Crippen LogP) is 3.88. The Labute approximate surface area is 201 Å². The molecule has 168 valence electrons. The van der Waals surface area contributed by atoms with E-state index in [1.807, 2.05) is 44.2 Å². The van der Waals surface area contributed by atoms with Gasteiger partial charge in [-0.15, -0.1) is 24.0 Å². The summed E-state index contributed by atoms with van der Waals surface area (Å²) >= 11 is 0. The Bertz CT molecular complexity index is 853. The summed E-state index contributed by atoms with van der Waals surface area (Å²) in [5, 5.41) is 9.23.